The van der Waals surface area contributed by atoms with Crippen molar-refractivity contribution in [1.82, 2.24) is 20.3 Å². The fraction of sp³-hybridized carbons (Fsp3) is 0.370. The van der Waals surface area contributed by atoms with Crippen LogP contribution in [-0.4, -0.2) is 41.3 Å². The second kappa shape index (κ2) is 9.53. The molecule has 6 rings (SSSR count). The zero-order valence-electron chi connectivity index (χ0n) is 19.8. The van der Waals surface area contributed by atoms with Gasteiger partial charge < -0.3 is 20.5 Å². The Morgan fingerprint density at radius 2 is 1.94 bits per heavy atom. The average molecular weight is 488 g/mol. The lowest BCUT2D eigenvalue weighted by molar-refractivity contribution is 0.0858. The van der Waals surface area contributed by atoms with Crippen molar-refractivity contribution in [3.8, 4) is 27.4 Å². The van der Waals surface area contributed by atoms with Crippen molar-refractivity contribution in [2.75, 3.05) is 26.0 Å². The van der Waals surface area contributed by atoms with Gasteiger partial charge in [-0.3, -0.25) is 4.98 Å². The van der Waals surface area contributed by atoms with E-state index in [2.05, 4.69) is 33.5 Å². The Labute approximate surface area is 208 Å². The third-order valence-corrected chi connectivity index (χ3v) is 8.02. The Hall–Kier alpha value is -3.07. The number of rotatable bonds is 7. The van der Waals surface area contributed by atoms with Gasteiger partial charge in [0.1, 0.15) is 16.6 Å². The molecule has 0 atom stereocenters. The number of aromatic nitrogens is 3. The van der Waals surface area contributed by atoms with Crippen LogP contribution < -0.4 is 15.8 Å². The maximum absolute atomic E-state index is 6.38. The van der Waals surface area contributed by atoms with Gasteiger partial charge in [0.15, 0.2) is 0 Å². The van der Waals surface area contributed by atoms with Crippen molar-refractivity contribution in [2.24, 2.45) is 0 Å². The number of hydrogen-bond acceptors (Lipinski definition) is 8. The first-order valence-electron chi connectivity index (χ1n) is 12.2. The minimum Gasteiger partial charge on any atom is -0.488 e. The predicted molar refractivity (Wildman–Crippen MR) is 140 cm³/mol. The first kappa shape index (κ1) is 22.4. The number of fused-ring (bicyclic) bond motifs is 1. The van der Waals surface area contributed by atoms with Crippen LogP contribution in [0, 0.1) is 0 Å². The molecule has 0 bridgehead atoms. The maximum atomic E-state index is 6.38. The van der Waals surface area contributed by atoms with E-state index in [-0.39, 0.29) is 0 Å². The van der Waals surface area contributed by atoms with Gasteiger partial charge in [-0.2, -0.15) is 0 Å². The van der Waals surface area contributed by atoms with Gasteiger partial charge in [0.05, 0.1) is 18.0 Å². The summed E-state index contributed by atoms with van der Waals surface area (Å²) >= 11 is 1.78. The molecule has 1 aromatic carbocycles. The van der Waals surface area contributed by atoms with Crippen LogP contribution >= 0.6 is 11.3 Å². The molecule has 3 aromatic heterocycles. The van der Waals surface area contributed by atoms with Crippen LogP contribution in [0.3, 0.4) is 0 Å². The maximum Gasteiger partial charge on any atom is 0.145 e. The molecule has 0 unspecified atom stereocenters. The molecular weight excluding hydrogens is 458 g/mol. The number of anilines is 1. The Morgan fingerprint density at radius 3 is 2.74 bits per heavy atom. The van der Waals surface area contributed by atoms with Crippen LogP contribution in [0.2, 0.25) is 0 Å². The van der Waals surface area contributed by atoms with E-state index in [4.69, 9.17) is 20.2 Å². The second-order valence-electron chi connectivity index (χ2n) is 9.25. The van der Waals surface area contributed by atoms with E-state index >= 15 is 0 Å². The van der Waals surface area contributed by atoms with E-state index < -0.39 is 0 Å². The molecule has 0 amide bonds. The number of pyridine rings is 2. The predicted octanol–water partition coefficient (Wildman–Crippen LogP) is 5.16. The minimum absolute atomic E-state index is 0.304. The largest absolute Gasteiger partial charge is 0.488 e. The average Bonchev–Trinajstić information content (AvgIpc) is 3.62. The molecule has 8 heteroatoms. The molecule has 1 aliphatic carbocycles. The Bertz CT molecular complexity index is 1360. The molecule has 1 saturated heterocycles. The Balaban J connectivity index is 1.42. The number of thiazole rings is 1. The summed E-state index contributed by atoms with van der Waals surface area (Å²) in [5.74, 6) is 1.82. The summed E-state index contributed by atoms with van der Waals surface area (Å²) < 4.78 is 11.7. The second-order valence-corrected chi connectivity index (χ2v) is 10.3. The van der Waals surface area contributed by atoms with E-state index in [0.717, 1.165) is 89.4 Å². The zero-order valence-corrected chi connectivity index (χ0v) is 20.6. The monoisotopic (exact) mass is 487 g/mol. The van der Waals surface area contributed by atoms with Crippen molar-refractivity contribution in [2.45, 2.75) is 44.2 Å². The quantitative estimate of drug-likeness (QED) is 0.372. The molecule has 35 heavy (non-hydrogen) atoms. The summed E-state index contributed by atoms with van der Waals surface area (Å²) in [6.45, 7) is 2.38. The molecule has 7 nitrogen and oxygen atoms in total. The highest BCUT2D eigenvalue weighted by molar-refractivity contribution is 7.15. The van der Waals surface area contributed by atoms with Crippen LogP contribution in [0.1, 0.15) is 42.2 Å². The van der Waals surface area contributed by atoms with Crippen molar-refractivity contribution in [3.63, 3.8) is 0 Å². The summed E-state index contributed by atoms with van der Waals surface area (Å²) in [6, 6.07) is 8.36. The Morgan fingerprint density at radius 1 is 1.09 bits per heavy atom. The van der Waals surface area contributed by atoms with Crippen molar-refractivity contribution < 1.29 is 9.47 Å². The van der Waals surface area contributed by atoms with E-state index in [0.29, 0.717) is 17.8 Å². The molecule has 180 valence electrons. The van der Waals surface area contributed by atoms with Gasteiger partial charge >= 0.3 is 0 Å². The molecule has 2 aliphatic rings. The van der Waals surface area contributed by atoms with Crippen LogP contribution in [0.5, 0.6) is 5.75 Å². The molecule has 2 fully saturated rings. The Kier molecular flexibility index (Phi) is 6.10. The molecule has 3 N–H and O–H groups in total. The fourth-order valence-electron chi connectivity index (χ4n) is 4.73. The summed E-state index contributed by atoms with van der Waals surface area (Å²) in [4.78, 5) is 15.3. The van der Waals surface area contributed by atoms with Gasteiger partial charge in [-0.25, -0.2) is 9.97 Å². The van der Waals surface area contributed by atoms with Gasteiger partial charge in [0, 0.05) is 53.5 Å². The number of ether oxygens (including phenoxy) is 2. The molecule has 0 spiro atoms. The number of hydrogen-bond donors (Lipinski definition) is 2. The molecular formula is C27H29N5O2S. The lowest BCUT2D eigenvalue weighted by atomic mass is 9.97. The highest BCUT2D eigenvalue weighted by atomic mass is 32.1. The standard InChI is InChI=1S/C27H29N5O2S/c1-29-14-23-25(16-7-10-33-11-8-16)35-27(32-23)22-13-31-26(28)21-12-17(2-5-20(21)22)19-6-9-30-15-24(19)34-18-3-4-18/h2,5-6,9,12-13,15-16,18,29H,3-4,7-8,10-11,14H2,1H3,(H2,28,31). The summed E-state index contributed by atoms with van der Waals surface area (Å²) in [5.41, 5.74) is 10.6. The van der Waals surface area contributed by atoms with E-state index in [1.807, 2.05) is 19.3 Å². The van der Waals surface area contributed by atoms with Crippen LogP contribution in [0.4, 0.5) is 5.82 Å². The lowest BCUT2D eigenvalue weighted by Gasteiger charge is -2.21. The van der Waals surface area contributed by atoms with E-state index in [9.17, 15) is 0 Å². The summed E-state index contributed by atoms with van der Waals surface area (Å²) in [7, 11) is 1.97. The van der Waals surface area contributed by atoms with Crippen LogP contribution in [0.25, 0.3) is 32.5 Å². The molecule has 1 aliphatic heterocycles. The third-order valence-electron chi connectivity index (χ3n) is 6.73. The van der Waals surface area contributed by atoms with Gasteiger partial charge in [0.25, 0.3) is 0 Å². The third kappa shape index (κ3) is 4.49. The van der Waals surface area contributed by atoms with Gasteiger partial charge in [-0.1, -0.05) is 12.1 Å². The number of nitrogen functional groups attached to an aromatic ring is 1. The van der Waals surface area contributed by atoms with Gasteiger partial charge in [-0.05, 0) is 61.7 Å². The molecule has 0 radical (unpaired) electrons. The van der Waals surface area contributed by atoms with Crippen LogP contribution in [0.15, 0.2) is 42.9 Å². The summed E-state index contributed by atoms with van der Waals surface area (Å²) in [5, 5.41) is 6.25. The molecule has 1 saturated carbocycles. The van der Waals surface area contributed by atoms with E-state index in [1.54, 1.807) is 23.7 Å². The number of nitrogens with zero attached hydrogens (tertiary/aromatic N) is 3. The normalized spacial score (nSPS) is 16.6. The van der Waals surface area contributed by atoms with Crippen molar-refractivity contribution >= 4 is 27.9 Å². The number of benzene rings is 1. The zero-order chi connectivity index (χ0) is 23.8. The smallest absolute Gasteiger partial charge is 0.145 e. The lowest BCUT2D eigenvalue weighted by Crippen LogP contribution is -2.16. The molecule has 4 heterocycles. The van der Waals surface area contributed by atoms with E-state index in [1.165, 1.54) is 4.88 Å². The van der Waals surface area contributed by atoms with Crippen molar-refractivity contribution in [3.05, 3.63) is 53.4 Å². The minimum atomic E-state index is 0.304. The highest BCUT2D eigenvalue weighted by Crippen LogP contribution is 2.41. The first-order valence-corrected chi connectivity index (χ1v) is 13.0. The SMILES string of the molecule is CNCc1nc(-c2cnc(N)c3cc(-c4ccncc4OC4CC4)ccc23)sc1C1CCOCC1. The first-order chi connectivity index (χ1) is 17.2. The number of nitrogens with one attached hydrogen (secondary N) is 1. The van der Waals surface area contributed by atoms with Crippen molar-refractivity contribution in [1.29, 1.82) is 0 Å². The van der Waals surface area contributed by atoms with Gasteiger partial charge in [-0.15, -0.1) is 11.3 Å². The summed E-state index contributed by atoms with van der Waals surface area (Å²) in [6.07, 6.45) is 10.1. The fourth-order valence-corrected chi connectivity index (χ4v) is 6.01. The van der Waals surface area contributed by atoms with Crippen LogP contribution in [-0.2, 0) is 11.3 Å². The highest BCUT2D eigenvalue weighted by Gasteiger charge is 2.26. The molecule has 4 aromatic rings. The van der Waals surface area contributed by atoms with Gasteiger partial charge in [0.2, 0.25) is 0 Å². The topological polar surface area (TPSA) is 95.2 Å². The number of nitrogens with two attached hydrogens (primary N) is 1.